The molecule has 0 saturated heterocycles. The van der Waals surface area contributed by atoms with Crippen LogP contribution < -0.4 is 10.4 Å². The second kappa shape index (κ2) is 12.7. The molecule has 0 aromatic heterocycles. The van der Waals surface area contributed by atoms with Crippen molar-refractivity contribution in [3.8, 4) is 0 Å². The average Bonchev–Trinajstić information content (AvgIpc) is 2.07. The molecule has 5 nitrogen and oxygen atoms in total. The molecule has 0 spiro atoms. The van der Waals surface area contributed by atoms with Crippen molar-refractivity contribution in [1.29, 1.82) is 0 Å². The Kier molecular flexibility index (Phi) is 14.5. The Bertz CT molecular complexity index is 112. The van der Waals surface area contributed by atoms with Gasteiger partial charge in [0.25, 0.3) is 0 Å². The van der Waals surface area contributed by atoms with Gasteiger partial charge in [-0.3, -0.25) is 0 Å². The van der Waals surface area contributed by atoms with Gasteiger partial charge in [-0.2, -0.15) is 0 Å². The van der Waals surface area contributed by atoms with Crippen molar-refractivity contribution in [1.82, 2.24) is 5.32 Å². The van der Waals surface area contributed by atoms with Crippen LogP contribution in [0.1, 0.15) is 0 Å². The lowest BCUT2D eigenvalue weighted by molar-refractivity contribution is -0.297. The minimum Gasteiger partial charge on any atom is -0.545 e. The molecular formula is C7H14NO4-. The van der Waals surface area contributed by atoms with Gasteiger partial charge in [-0.25, -0.2) is 0 Å². The van der Waals surface area contributed by atoms with Crippen molar-refractivity contribution in [3.63, 3.8) is 0 Å². The number of rotatable bonds is 5. The molecule has 0 amide bonds. The third kappa shape index (κ3) is 23.0. The van der Waals surface area contributed by atoms with Crippen molar-refractivity contribution >= 4 is 5.97 Å². The van der Waals surface area contributed by atoms with Crippen molar-refractivity contribution in [2.24, 2.45) is 0 Å². The number of carbonyl (C=O) groups is 1. The van der Waals surface area contributed by atoms with Crippen LogP contribution in [0.3, 0.4) is 0 Å². The van der Waals surface area contributed by atoms with E-state index in [1.807, 2.05) is 0 Å². The van der Waals surface area contributed by atoms with Gasteiger partial charge in [0, 0.05) is 13.1 Å². The zero-order chi connectivity index (χ0) is 9.82. The summed E-state index contributed by atoms with van der Waals surface area (Å²) < 4.78 is 0. The molecule has 0 radical (unpaired) electrons. The normalized spacial score (nSPS) is 8.17. The Balaban J connectivity index is 0. The molecular weight excluding hydrogens is 162 g/mol. The van der Waals surface area contributed by atoms with Gasteiger partial charge in [-0.1, -0.05) is 6.58 Å². The molecule has 0 aliphatic heterocycles. The van der Waals surface area contributed by atoms with Crippen molar-refractivity contribution < 1.29 is 20.1 Å². The maximum atomic E-state index is 9.14. The summed E-state index contributed by atoms with van der Waals surface area (Å²) in [5.41, 5.74) is 0. The zero-order valence-corrected chi connectivity index (χ0v) is 6.82. The first-order valence-electron chi connectivity index (χ1n) is 3.44. The van der Waals surface area contributed by atoms with E-state index in [-0.39, 0.29) is 13.2 Å². The van der Waals surface area contributed by atoms with E-state index in [1.165, 1.54) is 0 Å². The SMILES string of the molecule is C=CC(=O)[O-].OCCNCCO. The summed E-state index contributed by atoms with van der Waals surface area (Å²) in [5.74, 6) is -1.23. The van der Waals surface area contributed by atoms with Gasteiger partial charge in [-0.05, 0) is 6.08 Å². The van der Waals surface area contributed by atoms with Crippen LogP contribution in [-0.2, 0) is 4.79 Å². The molecule has 0 aromatic carbocycles. The second-order valence-electron chi connectivity index (χ2n) is 1.72. The Morgan fingerprint density at radius 1 is 1.42 bits per heavy atom. The lowest BCUT2D eigenvalue weighted by atomic mass is 10.6. The fourth-order valence-electron chi connectivity index (χ4n) is 0.283. The third-order valence-electron chi connectivity index (χ3n) is 0.744. The molecule has 0 rings (SSSR count). The smallest absolute Gasteiger partial charge is 0.0636 e. The molecule has 0 bridgehead atoms. The summed E-state index contributed by atoms with van der Waals surface area (Å²) in [6, 6.07) is 0. The van der Waals surface area contributed by atoms with E-state index in [4.69, 9.17) is 20.1 Å². The van der Waals surface area contributed by atoms with Gasteiger partial charge in [0.05, 0.1) is 19.2 Å². The summed E-state index contributed by atoms with van der Waals surface area (Å²) in [6.45, 7) is 4.32. The Morgan fingerprint density at radius 2 is 1.75 bits per heavy atom. The topological polar surface area (TPSA) is 92.6 Å². The molecule has 0 heterocycles. The number of hydrogen-bond acceptors (Lipinski definition) is 5. The van der Waals surface area contributed by atoms with Gasteiger partial charge in [-0.15, -0.1) is 0 Å². The van der Waals surface area contributed by atoms with Gasteiger partial charge in [0.15, 0.2) is 0 Å². The number of aliphatic carboxylic acids is 1. The van der Waals surface area contributed by atoms with Gasteiger partial charge in [0.1, 0.15) is 0 Å². The van der Waals surface area contributed by atoms with Crippen molar-refractivity contribution in [2.75, 3.05) is 26.3 Å². The minimum atomic E-state index is -1.23. The van der Waals surface area contributed by atoms with E-state index in [2.05, 4.69) is 11.9 Å². The van der Waals surface area contributed by atoms with Crippen LogP contribution in [0.5, 0.6) is 0 Å². The maximum Gasteiger partial charge on any atom is 0.0636 e. The van der Waals surface area contributed by atoms with Crippen LogP contribution >= 0.6 is 0 Å². The highest BCUT2D eigenvalue weighted by Crippen LogP contribution is 1.54. The Morgan fingerprint density at radius 3 is 1.92 bits per heavy atom. The number of carboxylic acids is 1. The number of hydrogen-bond donors (Lipinski definition) is 3. The molecule has 0 atom stereocenters. The molecule has 0 aliphatic rings. The first-order valence-corrected chi connectivity index (χ1v) is 3.44. The standard InChI is InChI=1S/C4H11NO2.C3H4O2/c6-3-1-5-2-4-7;1-2-3(4)5/h5-7H,1-4H2;2H,1H2,(H,4,5)/p-1. The molecule has 72 valence electrons. The highest BCUT2D eigenvalue weighted by molar-refractivity contribution is 5.76. The van der Waals surface area contributed by atoms with E-state index < -0.39 is 5.97 Å². The van der Waals surface area contributed by atoms with Gasteiger partial charge >= 0.3 is 0 Å². The number of carboxylic acid groups (broad SMARTS) is 1. The summed E-state index contributed by atoms with van der Waals surface area (Å²) in [5, 5.41) is 28.2. The first kappa shape index (κ1) is 13.7. The molecule has 0 aliphatic carbocycles. The summed E-state index contributed by atoms with van der Waals surface area (Å²) >= 11 is 0. The molecule has 0 aromatic rings. The fraction of sp³-hybridized carbons (Fsp3) is 0.571. The number of nitrogens with one attached hydrogen (secondary N) is 1. The number of aliphatic hydroxyl groups excluding tert-OH is 2. The first-order chi connectivity index (χ1) is 5.68. The summed E-state index contributed by atoms with van der Waals surface area (Å²) in [7, 11) is 0. The fourth-order valence-corrected chi connectivity index (χ4v) is 0.283. The monoisotopic (exact) mass is 176 g/mol. The number of aliphatic hydroxyl groups is 2. The Labute approximate surface area is 71.3 Å². The lowest BCUT2D eigenvalue weighted by Gasteiger charge is -1.94. The van der Waals surface area contributed by atoms with Crippen LogP contribution in [-0.4, -0.2) is 42.5 Å². The molecule has 12 heavy (non-hydrogen) atoms. The highest BCUT2D eigenvalue weighted by Gasteiger charge is 1.78. The lowest BCUT2D eigenvalue weighted by Crippen LogP contribution is -2.21. The van der Waals surface area contributed by atoms with Crippen LogP contribution in [0.15, 0.2) is 12.7 Å². The van der Waals surface area contributed by atoms with E-state index >= 15 is 0 Å². The van der Waals surface area contributed by atoms with Crippen LogP contribution in [0.25, 0.3) is 0 Å². The van der Waals surface area contributed by atoms with Gasteiger partial charge < -0.3 is 25.4 Å². The van der Waals surface area contributed by atoms with Crippen molar-refractivity contribution in [3.05, 3.63) is 12.7 Å². The van der Waals surface area contributed by atoms with Crippen LogP contribution in [0, 0.1) is 0 Å². The second-order valence-corrected chi connectivity index (χ2v) is 1.72. The Hall–Kier alpha value is -0.910. The minimum absolute atomic E-state index is 0.139. The predicted octanol–water partition coefficient (Wildman–Crippen LogP) is -2.52. The molecule has 0 unspecified atom stereocenters. The molecule has 5 heteroatoms. The largest absolute Gasteiger partial charge is 0.545 e. The van der Waals surface area contributed by atoms with E-state index in [1.54, 1.807) is 0 Å². The van der Waals surface area contributed by atoms with Crippen LogP contribution in [0.2, 0.25) is 0 Å². The van der Waals surface area contributed by atoms with Gasteiger partial charge in [0.2, 0.25) is 0 Å². The van der Waals surface area contributed by atoms with Crippen LogP contribution in [0.4, 0.5) is 0 Å². The molecule has 3 N–H and O–H groups in total. The summed E-state index contributed by atoms with van der Waals surface area (Å²) in [6.07, 6.45) is 0.722. The summed E-state index contributed by atoms with van der Waals surface area (Å²) in [4.78, 5) is 9.14. The third-order valence-corrected chi connectivity index (χ3v) is 0.744. The maximum absolute atomic E-state index is 9.14. The van der Waals surface area contributed by atoms with E-state index in [9.17, 15) is 0 Å². The molecule has 0 fully saturated rings. The number of carbonyl (C=O) groups excluding carboxylic acids is 1. The quantitative estimate of drug-likeness (QED) is 0.317. The van der Waals surface area contributed by atoms with E-state index in [0.29, 0.717) is 13.1 Å². The van der Waals surface area contributed by atoms with Crippen molar-refractivity contribution in [2.45, 2.75) is 0 Å². The molecule has 0 saturated carbocycles. The van der Waals surface area contributed by atoms with E-state index in [0.717, 1.165) is 6.08 Å². The predicted molar refractivity (Wildman–Crippen MR) is 42.2 cm³/mol. The zero-order valence-electron chi connectivity index (χ0n) is 6.82. The highest BCUT2D eigenvalue weighted by atomic mass is 16.4. The average molecular weight is 176 g/mol.